The third kappa shape index (κ3) is 5.63. The normalized spacial score (nSPS) is 11.0. The molecule has 0 unspecified atom stereocenters. The third-order valence-corrected chi connectivity index (χ3v) is 6.86. The van der Waals surface area contributed by atoms with Crippen molar-refractivity contribution in [3.05, 3.63) is 117 Å². The molecule has 3 aromatic heterocycles. The van der Waals surface area contributed by atoms with E-state index in [9.17, 15) is 9.59 Å². The minimum absolute atomic E-state index is 0. The summed E-state index contributed by atoms with van der Waals surface area (Å²) in [5.74, 6) is 0.871. The van der Waals surface area contributed by atoms with Crippen LogP contribution in [0.15, 0.2) is 93.2 Å². The zero-order valence-electron chi connectivity index (χ0n) is 22.0. The number of hydrogen-bond donors (Lipinski definition) is 1. The van der Waals surface area contributed by atoms with Gasteiger partial charge in [0.2, 0.25) is 5.78 Å². The summed E-state index contributed by atoms with van der Waals surface area (Å²) in [6.07, 6.45) is 3.43. The summed E-state index contributed by atoms with van der Waals surface area (Å²) in [6.45, 7) is 2.08. The van der Waals surface area contributed by atoms with Gasteiger partial charge < -0.3 is 4.74 Å². The number of hydrogen-bond acceptors (Lipinski definition) is 7. The van der Waals surface area contributed by atoms with Crippen LogP contribution in [0.25, 0.3) is 34.0 Å². The van der Waals surface area contributed by atoms with Crippen molar-refractivity contribution in [1.82, 2.24) is 29.3 Å². The molecule has 11 heteroatoms. The van der Waals surface area contributed by atoms with Gasteiger partial charge in [0.05, 0.1) is 18.5 Å². The average Bonchev–Trinajstić information content (AvgIpc) is 3.65. The van der Waals surface area contributed by atoms with Crippen LogP contribution in [-0.4, -0.2) is 87.8 Å². The minimum atomic E-state index is -0.605. The van der Waals surface area contributed by atoms with Crippen LogP contribution in [0.1, 0.15) is 30.2 Å². The summed E-state index contributed by atoms with van der Waals surface area (Å²) in [7, 11) is 1.59. The van der Waals surface area contributed by atoms with E-state index >= 15 is 0 Å². The Hall–Kier alpha value is -3.61. The molecule has 6 aromatic rings. The van der Waals surface area contributed by atoms with E-state index in [1.165, 1.54) is 6.33 Å². The van der Waals surface area contributed by atoms with E-state index in [1.54, 1.807) is 16.2 Å². The van der Waals surface area contributed by atoms with Crippen molar-refractivity contribution in [1.29, 1.82) is 0 Å². The summed E-state index contributed by atoms with van der Waals surface area (Å²) >= 11 is 0. The first-order valence-corrected chi connectivity index (χ1v) is 12.9. The Morgan fingerprint density at radius 2 is 1.76 bits per heavy atom. The van der Waals surface area contributed by atoms with Gasteiger partial charge in [0.1, 0.15) is 12.1 Å². The summed E-state index contributed by atoms with van der Waals surface area (Å²) in [5, 5.41) is 8.32. The number of aromatic amines is 1. The predicted octanol–water partition coefficient (Wildman–Crippen LogP) is 3.79. The van der Waals surface area contributed by atoms with Crippen molar-refractivity contribution in [2.75, 3.05) is 7.11 Å². The van der Waals surface area contributed by atoms with E-state index in [0.29, 0.717) is 41.4 Å². The maximum absolute atomic E-state index is 14.1. The van der Waals surface area contributed by atoms with Crippen LogP contribution >= 0.6 is 0 Å². The number of H-pyrrole nitrogens is 1. The van der Waals surface area contributed by atoms with Gasteiger partial charge in [0.25, 0.3) is 5.56 Å². The van der Waals surface area contributed by atoms with Crippen LogP contribution in [0.2, 0.25) is 0 Å². The van der Waals surface area contributed by atoms with Crippen LogP contribution in [-0.2, 0) is 12.8 Å². The molecule has 0 aliphatic carbocycles. The van der Waals surface area contributed by atoms with Gasteiger partial charge in [-0.05, 0) is 35.2 Å². The quantitative estimate of drug-likeness (QED) is 0.275. The topological polar surface area (TPSA) is 120 Å². The Labute approximate surface area is 277 Å². The zero-order chi connectivity index (χ0) is 27.6. The molecule has 0 fully saturated rings. The Bertz CT molecular complexity index is 1940. The fourth-order valence-corrected chi connectivity index (χ4v) is 5.00. The Morgan fingerprint density at radius 3 is 2.46 bits per heavy atom. The second kappa shape index (κ2) is 12.5. The molecule has 0 spiro atoms. The molecular formula is C30H27KN6O4. The third-order valence-electron chi connectivity index (χ3n) is 6.86. The van der Waals surface area contributed by atoms with Crippen molar-refractivity contribution >= 4 is 57.2 Å². The Balaban J connectivity index is 0.00000337. The van der Waals surface area contributed by atoms with E-state index in [2.05, 4.69) is 27.1 Å². The summed E-state index contributed by atoms with van der Waals surface area (Å²) in [4.78, 5) is 32.6. The number of benzene rings is 3. The maximum atomic E-state index is 14.1. The zero-order valence-corrected chi connectivity index (χ0v) is 22.0. The molecule has 10 nitrogen and oxygen atoms in total. The number of aromatic nitrogens is 6. The van der Waals surface area contributed by atoms with Gasteiger partial charge in [-0.1, -0.05) is 73.1 Å². The van der Waals surface area contributed by atoms with E-state index in [0.717, 1.165) is 34.4 Å². The van der Waals surface area contributed by atoms with Gasteiger partial charge >= 0.3 is 57.1 Å². The van der Waals surface area contributed by atoms with Gasteiger partial charge in [0, 0.05) is 23.6 Å². The number of rotatable bonds is 8. The molecule has 3 heterocycles. The molecule has 0 radical (unpaired) electrons. The molecular weight excluding hydrogens is 547 g/mol. The molecule has 0 amide bonds. The van der Waals surface area contributed by atoms with Crippen LogP contribution in [0, 0.1) is 0 Å². The molecule has 0 saturated heterocycles. The number of nitrogens with one attached hydrogen (secondary N) is 1. The first-order valence-electron chi connectivity index (χ1n) is 12.9. The van der Waals surface area contributed by atoms with E-state index in [-0.39, 0.29) is 56.9 Å². The summed E-state index contributed by atoms with van der Waals surface area (Å²) in [5.41, 5.74) is 5.60. The van der Waals surface area contributed by atoms with E-state index in [1.807, 2.05) is 72.8 Å². The average molecular weight is 575 g/mol. The summed E-state index contributed by atoms with van der Waals surface area (Å²) in [6, 6.07) is 23.0. The number of methoxy groups -OCH3 is 1. The Morgan fingerprint density at radius 1 is 0.976 bits per heavy atom. The number of nitrogens with zero attached hydrogens (tertiary/aromatic N) is 5. The summed E-state index contributed by atoms with van der Waals surface area (Å²) < 4.78 is 13.5. The molecule has 202 valence electrons. The van der Waals surface area contributed by atoms with Gasteiger partial charge in [-0.3, -0.25) is 14.3 Å². The molecule has 0 saturated carbocycles. The molecule has 0 atom stereocenters. The van der Waals surface area contributed by atoms with Crippen LogP contribution in [0.5, 0.6) is 5.75 Å². The van der Waals surface area contributed by atoms with Crippen molar-refractivity contribution in [3.8, 4) is 34.0 Å². The van der Waals surface area contributed by atoms with Crippen molar-refractivity contribution in [3.63, 3.8) is 0 Å². The van der Waals surface area contributed by atoms with Gasteiger partial charge in [-0.15, -0.1) is 0 Å². The molecule has 0 aliphatic heterocycles. The van der Waals surface area contributed by atoms with Crippen LogP contribution < -0.4 is 16.1 Å². The molecule has 3 aromatic carbocycles. The van der Waals surface area contributed by atoms with E-state index < -0.39 is 5.76 Å². The second-order valence-electron chi connectivity index (χ2n) is 9.35. The van der Waals surface area contributed by atoms with Gasteiger partial charge in [-0.25, -0.2) is 13.9 Å². The SMILES string of the molecule is CCCc1c(Cc2ccc(-c3ccccc3-c3noc(=O)[nH]3)cc2)c(=O)n(-c2cccc(OC)c2)c2ncnn12.[KH]. The predicted molar refractivity (Wildman–Crippen MR) is 157 cm³/mol. The number of aryl methyl sites for hydroxylation is 1. The number of ether oxygens (including phenoxy) is 1. The Kier molecular flexibility index (Phi) is 8.81. The molecule has 0 bridgehead atoms. The first-order chi connectivity index (χ1) is 19.6. The molecule has 0 aliphatic rings. The van der Waals surface area contributed by atoms with Crippen molar-refractivity contribution in [2.24, 2.45) is 0 Å². The fourth-order valence-electron chi connectivity index (χ4n) is 5.00. The monoisotopic (exact) mass is 574 g/mol. The molecule has 41 heavy (non-hydrogen) atoms. The number of fused-ring (bicyclic) bond motifs is 1. The van der Waals surface area contributed by atoms with Crippen molar-refractivity contribution < 1.29 is 9.26 Å². The van der Waals surface area contributed by atoms with Crippen LogP contribution in [0.4, 0.5) is 0 Å². The molecule has 6 rings (SSSR count). The van der Waals surface area contributed by atoms with Gasteiger partial charge in [0.15, 0.2) is 5.82 Å². The standard InChI is InChI=1S/C30H26N6O4.K.H/c1-3-7-26-25(28(37)35(29-31-18-32-36(26)29)21-8-6-9-22(17-21)39-2)16-19-12-14-20(15-13-19)23-10-4-5-11-24(23)27-33-30(38)40-34-27;;/h4-6,8-15,17-18H,3,7,16H2,1-2H3,(H,33,34,38);;. The van der Waals surface area contributed by atoms with Crippen molar-refractivity contribution in [2.45, 2.75) is 26.2 Å². The van der Waals surface area contributed by atoms with Crippen LogP contribution in [0.3, 0.4) is 0 Å². The second-order valence-corrected chi connectivity index (χ2v) is 9.35. The van der Waals surface area contributed by atoms with Gasteiger partial charge in [-0.2, -0.15) is 10.1 Å². The fraction of sp³-hybridized carbons (Fsp3) is 0.167. The molecule has 1 N–H and O–H groups in total. The van der Waals surface area contributed by atoms with E-state index in [4.69, 9.17) is 9.26 Å². The first kappa shape index (κ1) is 28.9.